The summed E-state index contributed by atoms with van der Waals surface area (Å²) in [5.41, 5.74) is 0.847. The largest absolute Gasteiger partial charge is 0.338 e. The number of aromatic nitrogens is 1. The zero-order valence-corrected chi connectivity index (χ0v) is 12.5. The summed E-state index contributed by atoms with van der Waals surface area (Å²) in [5.74, 6) is 0.172. The fourth-order valence-corrected chi connectivity index (χ4v) is 2.68. The summed E-state index contributed by atoms with van der Waals surface area (Å²) < 4.78 is 0. The third kappa shape index (κ3) is 4.30. The lowest BCUT2D eigenvalue weighted by atomic mass is 10.0. The van der Waals surface area contributed by atoms with Crippen LogP contribution in [0.15, 0.2) is 24.4 Å². The Hall–Kier alpha value is -1.42. The molecule has 2 heterocycles. The number of rotatable bonds is 5. The molecular formula is C16H25N3O. The van der Waals surface area contributed by atoms with Crippen molar-refractivity contribution in [3.8, 4) is 0 Å². The average Bonchev–Trinajstić information content (AvgIpc) is 2.46. The van der Waals surface area contributed by atoms with Gasteiger partial charge in [-0.2, -0.15) is 0 Å². The number of hydrogen-bond donors (Lipinski definition) is 1. The van der Waals surface area contributed by atoms with Crippen LogP contribution in [0.25, 0.3) is 0 Å². The molecule has 2 rings (SSSR count). The second-order valence-corrected chi connectivity index (χ2v) is 5.78. The van der Waals surface area contributed by atoms with Gasteiger partial charge in [0, 0.05) is 30.5 Å². The van der Waals surface area contributed by atoms with Gasteiger partial charge in [-0.1, -0.05) is 12.5 Å². The molecule has 4 heteroatoms. The number of nitrogens with zero attached hydrogens (tertiary/aromatic N) is 2. The summed E-state index contributed by atoms with van der Waals surface area (Å²) in [6.07, 6.45) is 5.81. The molecule has 0 bridgehead atoms. The first-order valence-corrected chi connectivity index (χ1v) is 7.59. The average molecular weight is 275 g/mol. The molecule has 1 unspecified atom stereocenters. The van der Waals surface area contributed by atoms with E-state index in [0.29, 0.717) is 12.5 Å². The molecule has 0 aliphatic carbocycles. The third-order valence-corrected chi connectivity index (χ3v) is 3.83. The van der Waals surface area contributed by atoms with Crippen LogP contribution in [0.4, 0.5) is 0 Å². The van der Waals surface area contributed by atoms with Crippen molar-refractivity contribution in [3.05, 3.63) is 30.1 Å². The Labute approximate surface area is 121 Å². The monoisotopic (exact) mass is 275 g/mol. The van der Waals surface area contributed by atoms with Gasteiger partial charge >= 0.3 is 0 Å². The Kier molecular flexibility index (Phi) is 5.53. The van der Waals surface area contributed by atoms with Crippen LogP contribution in [0.5, 0.6) is 0 Å². The normalized spacial score (nSPS) is 19.1. The molecule has 1 aromatic rings. The van der Waals surface area contributed by atoms with Crippen molar-refractivity contribution >= 4 is 5.91 Å². The Morgan fingerprint density at radius 2 is 2.30 bits per heavy atom. The summed E-state index contributed by atoms with van der Waals surface area (Å²) in [4.78, 5) is 18.7. The van der Waals surface area contributed by atoms with Crippen molar-refractivity contribution in [1.29, 1.82) is 0 Å². The number of carbonyl (C=O) groups is 1. The van der Waals surface area contributed by atoms with E-state index >= 15 is 0 Å². The highest BCUT2D eigenvalue weighted by molar-refractivity contribution is 5.78. The number of carbonyl (C=O) groups excluding carboxylic acids is 1. The number of amides is 1. The van der Waals surface area contributed by atoms with E-state index in [-0.39, 0.29) is 11.9 Å². The fourth-order valence-electron chi connectivity index (χ4n) is 2.68. The van der Waals surface area contributed by atoms with Crippen LogP contribution in [0.3, 0.4) is 0 Å². The minimum absolute atomic E-state index is 0.172. The molecule has 1 N–H and O–H groups in total. The molecule has 0 spiro atoms. The van der Waals surface area contributed by atoms with E-state index in [1.807, 2.05) is 23.1 Å². The lowest BCUT2D eigenvalue weighted by Crippen LogP contribution is -2.48. The summed E-state index contributed by atoms with van der Waals surface area (Å²) in [6, 6.07) is 6.39. The van der Waals surface area contributed by atoms with E-state index in [4.69, 9.17) is 0 Å². The summed E-state index contributed by atoms with van der Waals surface area (Å²) in [6.45, 7) is 6.05. The zero-order chi connectivity index (χ0) is 14.4. The van der Waals surface area contributed by atoms with Gasteiger partial charge in [-0.05, 0) is 45.4 Å². The van der Waals surface area contributed by atoms with E-state index in [1.54, 1.807) is 6.20 Å². The molecule has 1 amide bonds. The van der Waals surface area contributed by atoms with Gasteiger partial charge in [0.15, 0.2) is 0 Å². The minimum Gasteiger partial charge on any atom is -0.338 e. The van der Waals surface area contributed by atoms with Crippen molar-refractivity contribution < 1.29 is 4.79 Å². The van der Waals surface area contributed by atoms with E-state index < -0.39 is 0 Å². The van der Waals surface area contributed by atoms with Gasteiger partial charge in [-0.15, -0.1) is 0 Å². The van der Waals surface area contributed by atoms with Gasteiger partial charge < -0.3 is 10.2 Å². The Balaban J connectivity index is 1.95. The lowest BCUT2D eigenvalue weighted by molar-refractivity contribution is -0.132. The maximum Gasteiger partial charge on any atom is 0.228 e. The van der Waals surface area contributed by atoms with E-state index in [9.17, 15) is 4.79 Å². The quantitative estimate of drug-likeness (QED) is 0.894. The van der Waals surface area contributed by atoms with Crippen molar-refractivity contribution in [2.24, 2.45) is 0 Å². The number of pyridine rings is 1. The minimum atomic E-state index is 0.172. The predicted octanol–water partition coefficient (Wildman–Crippen LogP) is 2.00. The lowest BCUT2D eigenvalue weighted by Gasteiger charge is -2.33. The third-order valence-electron chi connectivity index (χ3n) is 3.83. The molecule has 4 nitrogen and oxygen atoms in total. The molecule has 110 valence electrons. The van der Waals surface area contributed by atoms with Crippen molar-refractivity contribution in [2.75, 3.05) is 13.1 Å². The molecule has 0 radical (unpaired) electrons. The van der Waals surface area contributed by atoms with E-state index in [2.05, 4.69) is 24.1 Å². The molecule has 1 aliphatic heterocycles. The molecule has 1 aliphatic rings. The van der Waals surface area contributed by atoms with Gasteiger partial charge in [0.1, 0.15) is 0 Å². The predicted molar refractivity (Wildman–Crippen MR) is 80.4 cm³/mol. The fraction of sp³-hybridized carbons (Fsp3) is 0.625. The van der Waals surface area contributed by atoms with Crippen LogP contribution >= 0.6 is 0 Å². The highest BCUT2D eigenvalue weighted by Gasteiger charge is 2.22. The first-order valence-electron chi connectivity index (χ1n) is 7.59. The van der Waals surface area contributed by atoms with Gasteiger partial charge in [0.2, 0.25) is 5.91 Å². The first-order chi connectivity index (χ1) is 9.66. The maximum atomic E-state index is 12.5. The number of piperidine rings is 1. The van der Waals surface area contributed by atoms with E-state index in [1.165, 1.54) is 19.3 Å². The van der Waals surface area contributed by atoms with Crippen molar-refractivity contribution in [2.45, 2.75) is 51.6 Å². The summed E-state index contributed by atoms with van der Waals surface area (Å²) >= 11 is 0. The van der Waals surface area contributed by atoms with Crippen LogP contribution in [0, 0.1) is 0 Å². The second-order valence-electron chi connectivity index (χ2n) is 5.78. The second kappa shape index (κ2) is 7.39. The first kappa shape index (κ1) is 15.0. The SMILES string of the molecule is CC(C)N(CC1CCCCN1)C(=O)Cc1ccccn1. The molecule has 1 atom stereocenters. The Bertz CT molecular complexity index is 413. The van der Waals surface area contributed by atoms with Gasteiger partial charge in [0.05, 0.1) is 6.42 Å². The van der Waals surface area contributed by atoms with Gasteiger partial charge in [-0.25, -0.2) is 0 Å². The highest BCUT2D eigenvalue weighted by atomic mass is 16.2. The smallest absolute Gasteiger partial charge is 0.228 e. The molecule has 0 aromatic carbocycles. The maximum absolute atomic E-state index is 12.5. The topological polar surface area (TPSA) is 45.2 Å². The van der Waals surface area contributed by atoms with Crippen LogP contribution in [0.2, 0.25) is 0 Å². The molecule has 1 saturated heterocycles. The number of hydrogen-bond acceptors (Lipinski definition) is 3. The molecule has 1 fully saturated rings. The summed E-state index contributed by atoms with van der Waals surface area (Å²) in [5, 5.41) is 3.51. The number of nitrogens with one attached hydrogen (secondary N) is 1. The molecule has 1 aromatic heterocycles. The standard InChI is InChI=1S/C16H25N3O/c1-13(2)19(12-15-8-4-6-10-18-15)16(20)11-14-7-3-5-9-17-14/h3,5,7,9,13,15,18H,4,6,8,10-12H2,1-2H3. The van der Waals surface area contributed by atoms with Crippen LogP contribution in [-0.2, 0) is 11.2 Å². The summed E-state index contributed by atoms with van der Waals surface area (Å²) in [7, 11) is 0. The van der Waals surface area contributed by atoms with Crippen molar-refractivity contribution in [3.63, 3.8) is 0 Å². The van der Waals surface area contributed by atoms with Gasteiger partial charge in [0.25, 0.3) is 0 Å². The molecular weight excluding hydrogens is 250 g/mol. The highest BCUT2D eigenvalue weighted by Crippen LogP contribution is 2.12. The molecule has 0 saturated carbocycles. The van der Waals surface area contributed by atoms with Crippen molar-refractivity contribution in [1.82, 2.24) is 15.2 Å². The molecule has 20 heavy (non-hydrogen) atoms. The Morgan fingerprint density at radius 1 is 1.45 bits per heavy atom. The van der Waals surface area contributed by atoms with Gasteiger partial charge in [-0.3, -0.25) is 9.78 Å². The zero-order valence-electron chi connectivity index (χ0n) is 12.5. The van der Waals surface area contributed by atoms with E-state index in [0.717, 1.165) is 18.8 Å². The Morgan fingerprint density at radius 3 is 2.90 bits per heavy atom. The van der Waals surface area contributed by atoms with Crippen LogP contribution in [-0.4, -0.2) is 41.0 Å². The van der Waals surface area contributed by atoms with Crippen LogP contribution in [0.1, 0.15) is 38.8 Å². The van der Waals surface area contributed by atoms with Crippen LogP contribution < -0.4 is 5.32 Å².